The molecule has 0 N–H and O–H groups in total. The molecule has 1 amide bonds. The largest absolute Gasteiger partial charge is 0.490 e. The van der Waals surface area contributed by atoms with E-state index in [1.807, 2.05) is 0 Å². The van der Waals surface area contributed by atoms with E-state index in [1.165, 1.54) is 30.7 Å². The second-order valence-electron chi connectivity index (χ2n) is 9.04. The molecule has 40 heavy (non-hydrogen) atoms. The average Bonchev–Trinajstić information content (AvgIpc) is 3.55. The van der Waals surface area contributed by atoms with Crippen LogP contribution in [0.4, 0.5) is 22.0 Å². The van der Waals surface area contributed by atoms with Crippen LogP contribution in [-0.2, 0) is 22.3 Å². The lowest BCUT2D eigenvalue weighted by molar-refractivity contribution is -0.139. The summed E-state index contributed by atoms with van der Waals surface area (Å²) in [5.41, 5.74) is -1.07. The quantitative estimate of drug-likeness (QED) is 0.148. The number of benzene rings is 1. The number of pyridine rings is 1. The van der Waals surface area contributed by atoms with Crippen molar-refractivity contribution in [2.45, 2.75) is 25.7 Å². The number of rotatable bonds is 7. The van der Waals surface area contributed by atoms with Gasteiger partial charge in [-0.15, -0.1) is 11.3 Å². The lowest BCUT2D eigenvalue weighted by atomic mass is 9.97. The molecule has 0 spiro atoms. The first kappa shape index (κ1) is 27.7. The number of ether oxygens (including phenoxy) is 2. The molecule has 0 bridgehead atoms. The van der Waals surface area contributed by atoms with E-state index in [0.717, 1.165) is 17.4 Å². The van der Waals surface area contributed by atoms with Gasteiger partial charge in [0.05, 0.1) is 30.5 Å². The number of halogens is 5. The van der Waals surface area contributed by atoms with Crippen LogP contribution in [0, 0.1) is 11.6 Å². The maximum atomic E-state index is 15.6. The first-order valence-corrected chi connectivity index (χ1v) is 13.0. The van der Waals surface area contributed by atoms with Crippen molar-refractivity contribution in [1.29, 1.82) is 0 Å². The number of amides is 1. The van der Waals surface area contributed by atoms with Crippen molar-refractivity contribution >= 4 is 27.3 Å². The first-order valence-electron chi connectivity index (χ1n) is 12.2. The molecule has 0 saturated carbocycles. The molecule has 7 nitrogen and oxygen atoms in total. The van der Waals surface area contributed by atoms with Crippen LogP contribution in [0.1, 0.15) is 24.4 Å². The predicted molar refractivity (Wildman–Crippen MR) is 139 cm³/mol. The normalized spacial score (nSPS) is 15.4. The van der Waals surface area contributed by atoms with Crippen LogP contribution in [0.15, 0.2) is 42.3 Å². The zero-order valence-corrected chi connectivity index (χ0v) is 22.2. The Morgan fingerprint density at radius 2 is 1.98 bits per heavy atom. The van der Waals surface area contributed by atoms with Gasteiger partial charge < -0.3 is 14.4 Å². The van der Waals surface area contributed by atoms with Crippen LogP contribution in [0.5, 0.6) is 5.75 Å². The fourth-order valence-corrected chi connectivity index (χ4v) is 5.78. The Morgan fingerprint density at radius 3 is 2.67 bits per heavy atom. The highest BCUT2D eigenvalue weighted by Crippen LogP contribution is 2.48. The van der Waals surface area contributed by atoms with Crippen molar-refractivity contribution in [2.75, 3.05) is 26.9 Å². The summed E-state index contributed by atoms with van der Waals surface area (Å²) in [6.07, 6.45) is -3.64. The summed E-state index contributed by atoms with van der Waals surface area (Å²) in [6.45, 7) is 5.91. The maximum absolute atomic E-state index is 15.6. The van der Waals surface area contributed by atoms with Crippen molar-refractivity contribution in [2.24, 2.45) is 0 Å². The van der Waals surface area contributed by atoms with Gasteiger partial charge >= 0.3 is 6.18 Å². The molecular weight excluding hydrogens is 555 g/mol. The molecule has 1 aliphatic rings. The molecule has 0 radical (unpaired) electrons. The fourth-order valence-electron chi connectivity index (χ4n) is 4.84. The zero-order chi connectivity index (χ0) is 28.8. The molecule has 210 valence electrons. The minimum absolute atomic E-state index is 0.00922. The summed E-state index contributed by atoms with van der Waals surface area (Å²) in [6, 6.07) is 3.93. The Balaban J connectivity index is 1.79. The summed E-state index contributed by atoms with van der Waals surface area (Å²) in [4.78, 5) is 17.9. The van der Waals surface area contributed by atoms with Gasteiger partial charge in [-0.25, -0.2) is 13.8 Å². The predicted octanol–water partition coefficient (Wildman–Crippen LogP) is 6.24. The van der Waals surface area contributed by atoms with Crippen LogP contribution in [0.2, 0.25) is 0 Å². The van der Waals surface area contributed by atoms with Crippen molar-refractivity contribution in [3.8, 4) is 28.3 Å². The smallest absolute Gasteiger partial charge is 0.434 e. The molecular formula is C27H23F5N4O3S. The third-order valence-electron chi connectivity index (χ3n) is 6.65. The third-order valence-corrected chi connectivity index (χ3v) is 7.58. The van der Waals surface area contributed by atoms with E-state index < -0.39 is 29.5 Å². The summed E-state index contributed by atoms with van der Waals surface area (Å²) in [5.74, 6) is -2.47. The number of hydrogen-bond donors (Lipinski definition) is 0. The Kier molecular flexibility index (Phi) is 7.36. The summed E-state index contributed by atoms with van der Waals surface area (Å²) in [5, 5.41) is 5.73. The molecule has 1 atom stereocenters. The second-order valence-corrected chi connectivity index (χ2v) is 9.95. The lowest BCUT2D eigenvalue weighted by Gasteiger charge is -2.33. The van der Waals surface area contributed by atoms with Gasteiger partial charge in [-0.2, -0.15) is 18.3 Å². The highest BCUT2D eigenvalue weighted by atomic mass is 32.1. The zero-order valence-electron chi connectivity index (χ0n) is 21.4. The molecule has 5 rings (SSSR count). The molecule has 13 heteroatoms. The standard InChI is InChI=1S/C27H23F5N4O3S/c1-4-21(37)35-6-7-36-19(14(35)2)13-18(34-36)24-23(25-16(5-10-40-25)26(33-24)27(30,31)32)22-17(29)11-15(28)12-20(22)39-9-8-38-3/h4-5,10-14H,1,6-9H2,2-3H3/t14-/m1/s1. The monoisotopic (exact) mass is 578 g/mol. The van der Waals surface area contributed by atoms with Crippen LogP contribution >= 0.6 is 11.3 Å². The van der Waals surface area contributed by atoms with E-state index in [-0.39, 0.29) is 64.0 Å². The molecule has 1 aliphatic heterocycles. The van der Waals surface area contributed by atoms with Gasteiger partial charge in [0, 0.05) is 41.4 Å². The Hall–Kier alpha value is -3.84. The van der Waals surface area contributed by atoms with Crippen molar-refractivity contribution in [3.63, 3.8) is 0 Å². The van der Waals surface area contributed by atoms with E-state index in [0.29, 0.717) is 18.3 Å². The van der Waals surface area contributed by atoms with E-state index in [4.69, 9.17) is 9.47 Å². The molecule has 0 aliphatic carbocycles. The molecule has 0 unspecified atom stereocenters. The molecule has 0 fully saturated rings. The average molecular weight is 579 g/mol. The van der Waals surface area contributed by atoms with Crippen LogP contribution < -0.4 is 4.74 Å². The number of carbonyl (C=O) groups is 1. The molecule has 3 aromatic heterocycles. The highest BCUT2D eigenvalue weighted by molar-refractivity contribution is 7.17. The van der Waals surface area contributed by atoms with Gasteiger partial charge in [0.1, 0.15) is 35.4 Å². The highest BCUT2D eigenvalue weighted by Gasteiger charge is 2.38. The minimum Gasteiger partial charge on any atom is -0.490 e. The number of nitrogens with zero attached hydrogens (tertiary/aromatic N) is 4. The molecule has 1 aromatic carbocycles. The van der Waals surface area contributed by atoms with E-state index in [2.05, 4.69) is 16.7 Å². The van der Waals surface area contributed by atoms with Gasteiger partial charge in [0.25, 0.3) is 0 Å². The second kappa shape index (κ2) is 10.6. The van der Waals surface area contributed by atoms with Crippen LogP contribution in [-0.4, -0.2) is 52.4 Å². The van der Waals surface area contributed by atoms with E-state index in [9.17, 15) is 22.4 Å². The number of methoxy groups -OCH3 is 1. The van der Waals surface area contributed by atoms with E-state index in [1.54, 1.807) is 16.5 Å². The number of hydrogen-bond acceptors (Lipinski definition) is 6. The summed E-state index contributed by atoms with van der Waals surface area (Å²) >= 11 is 0.961. The summed E-state index contributed by atoms with van der Waals surface area (Å²) in [7, 11) is 1.43. The number of alkyl halides is 3. The van der Waals surface area contributed by atoms with Crippen molar-refractivity contribution < 1.29 is 36.2 Å². The fraction of sp³-hybridized carbons (Fsp3) is 0.296. The van der Waals surface area contributed by atoms with E-state index >= 15 is 4.39 Å². The third kappa shape index (κ3) is 4.83. The first-order chi connectivity index (χ1) is 19.0. The van der Waals surface area contributed by atoms with Crippen molar-refractivity contribution in [3.05, 3.63) is 65.3 Å². The SMILES string of the molecule is C=CC(=O)N1CCn2nc(-c3nc(C(F)(F)F)c4ccsc4c3-c3c(F)cc(F)cc3OCCOC)cc2[C@H]1C. The molecule has 0 saturated heterocycles. The number of thiophene rings is 1. The summed E-state index contributed by atoms with van der Waals surface area (Å²) < 4.78 is 84.8. The Bertz CT molecular complexity index is 1610. The number of carbonyl (C=O) groups excluding carboxylic acids is 1. The maximum Gasteiger partial charge on any atom is 0.434 e. The Labute approximate surface area is 229 Å². The molecule has 4 aromatic rings. The van der Waals surface area contributed by atoms with Gasteiger partial charge in [-0.3, -0.25) is 9.48 Å². The Morgan fingerprint density at radius 1 is 1.20 bits per heavy atom. The van der Waals surface area contributed by atoms with Gasteiger partial charge in [-0.05, 0) is 30.5 Å². The van der Waals surface area contributed by atoms with Gasteiger partial charge in [0.15, 0.2) is 5.69 Å². The minimum atomic E-state index is -4.83. The van der Waals surface area contributed by atoms with Gasteiger partial charge in [-0.1, -0.05) is 6.58 Å². The molecule has 4 heterocycles. The van der Waals surface area contributed by atoms with Crippen LogP contribution in [0.3, 0.4) is 0 Å². The number of fused-ring (bicyclic) bond motifs is 2. The van der Waals surface area contributed by atoms with Gasteiger partial charge in [0.2, 0.25) is 5.91 Å². The number of aromatic nitrogens is 3. The topological polar surface area (TPSA) is 69.5 Å². The lowest BCUT2D eigenvalue weighted by Crippen LogP contribution is -2.40. The van der Waals surface area contributed by atoms with Crippen molar-refractivity contribution in [1.82, 2.24) is 19.7 Å². The van der Waals surface area contributed by atoms with Crippen LogP contribution in [0.25, 0.3) is 32.6 Å².